The van der Waals surface area contributed by atoms with Crippen LogP contribution >= 0.6 is 24.0 Å². The SMILES string of the molecule is I.NC(=NCCCCCCO)Nc1ccc2c(c1)CCC2. The molecule has 0 amide bonds. The maximum atomic E-state index is 8.68. The highest BCUT2D eigenvalue weighted by Crippen LogP contribution is 2.24. The zero-order chi connectivity index (χ0) is 14.2. The summed E-state index contributed by atoms with van der Waals surface area (Å²) >= 11 is 0. The number of fused-ring (bicyclic) bond motifs is 1. The molecule has 0 saturated carbocycles. The van der Waals surface area contributed by atoms with Crippen LogP contribution in [-0.2, 0) is 12.8 Å². The average molecular weight is 403 g/mol. The zero-order valence-electron chi connectivity index (χ0n) is 12.5. The number of hydrogen-bond donors (Lipinski definition) is 3. The first-order chi connectivity index (χ1) is 9.79. The molecule has 0 saturated heterocycles. The molecule has 1 aromatic rings. The van der Waals surface area contributed by atoms with Crippen molar-refractivity contribution in [2.24, 2.45) is 10.7 Å². The Hall–Kier alpha value is -0.820. The van der Waals surface area contributed by atoms with E-state index in [1.807, 2.05) is 0 Å². The van der Waals surface area contributed by atoms with Crippen LogP contribution in [0.2, 0.25) is 0 Å². The molecular weight excluding hydrogens is 377 g/mol. The van der Waals surface area contributed by atoms with E-state index >= 15 is 0 Å². The Morgan fingerprint density at radius 3 is 2.71 bits per heavy atom. The molecule has 0 unspecified atom stereocenters. The third-order valence-electron chi connectivity index (χ3n) is 3.72. The number of guanidine groups is 1. The van der Waals surface area contributed by atoms with Crippen LogP contribution in [0.1, 0.15) is 43.2 Å². The fraction of sp³-hybridized carbons (Fsp3) is 0.562. The molecule has 0 heterocycles. The summed E-state index contributed by atoms with van der Waals surface area (Å²) in [5.74, 6) is 0.491. The molecule has 2 rings (SSSR count). The van der Waals surface area contributed by atoms with Crippen LogP contribution in [0, 0.1) is 0 Å². The van der Waals surface area contributed by atoms with Crippen LogP contribution in [0.25, 0.3) is 0 Å². The minimum atomic E-state index is 0. The zero-order valence-corrected chi connectivity index (χ0v) is 14.8. The lowest BCUT2D eigenvalue weighted by Gasteiger charge is -2.08. The Bertz CT molecular complexity index is 463. The fourth-order valence-corrected chi connectivity index (χ4v) is 2.61. The molecule has 0 spiro atoms. The van der Waals surface area contributed by atoms with Gasteiger partial charge in [-0.25, -0.2) is 0 Å². The summed E-state index contributed by atoms with van der Waals surface area (Å²) in [5.41, 5.74) is 9.83. The highest BCUT2D eigenvalue weighted by atomic mass is 127. The Balaban J connectivity index is 0.00000220. The predicted molar refractivity (Wildman–Crippen MR) is 99.5 cm³/mol. The minimum absolute atomic E-state index is 0. The van der Waals surface area contributed by atoms with Gasteiger partial charge in [0.1, 0.15) is 0 Å². The van der Waals surface area contributed by atoms with E-state index < -0.39 is 0 Å². The van der Waals surface area contributed by atoms with Gasteiger partial charge in [-0.2, -0.15) is 0 Å². The largest absolute Gasteiger partial charge is 0.396 e. The predicted octanol–water partition coefficient (Wildman–Crippen LogP) is 3.07. The molecule has 21 heavy (non-hydrogen) atoms. The van der Waals surface area contributed by atoms with Gasteiger partial charge in [0.25, 0.3) is 0 Å². The topological polar surface area (TPSA) is 70.6 Å². The lowest BCUT2D eigenvalue weighted by atomic mass is 10.1. The summed E-state index contributed by atoms with van der Waals surface area (Å²) in [4.78, 5) is 4.33. The molecule has 1 aliphatic carbocycles. The Kier molecular flexibility index (Phi) is 8.68. The van der Waals surface area contributed by atoms with E-state index in [2.05, 4.69) is 28.5 Å². The van der Waals surface area contributed by atoms with Gasteiger partial charge in [0, 0.05) is 18.8 Å². The second-order valence-corrected chi connectivity index (χ2v) is 5.37. The summed E-state index contributed by atoms with van der Waals surface area (Å²) in [7, 11) is 0. The number of rotatable bonds is 7. The number of nitrogens with one attached hydrogen (secondary N) is 1. The first kappa shape index (κ1) is 18.2. The number of aliphatic hydroxyl groups is 1. The normalized spacial score (nSPS) is 13.7. The number of unbranched alkanes of at least 4 members (excludes halogenated alkanes) is 3. The first-order valence-corrected chi connectivity index (χ1v) is 7.59. The van der Waals surface area contributed by atoms with Gasteiger partial charge in [-0.3, -0.25) is 4.99 Å². The summed E-state index contributed by atoms with van der Waals surface area (Å²) in [6, 6.07) is 6.45. The van der Waals surface area contributed by atoms with E-state index in [4.69, 9.17) is 10.8 Å². The summed E-state index contributed by atoms with van der Waals surface area (Å²) < 4.78 is 0. The summed E-state index contributed by atoms with van der Waals surface area (Å²) in [6.07, 6.45) is 7.69. The number of aliphatic imine (C=N–C) groups is 1. The van der Waals surface area contributed by atoms with E-state index in [1.165, 1.54) is 30.4 Å². The van der Waals surface area contributed by atoms with Crippen LogP contribution < -0.4 is 11.1 Å². The molecule has 0 bridgehead atoms. The Morgan fingerprint density at radius 2 is 1.90 bits per heavy atom. The maximum Gasteiger partial charge on any atom is 0.193 e. The Morgan fingerprint density at radius 1 is 1.14 bits per heavy atom. The van der Waals surface area contributed by atoms with Gasteiger partial charge in [-0.05, 0) is 55.4 Å². The highest BCUT2D eigenvalue weighted by molar-refractivity contribution is 14.0. The summed E-state index contributed by atoms with van der Waals surface area (Å²) in [5, 5.41) is 11.8. The molecule has 1 aromatic carbocycles. The number of hydrogen-bond acceptors (Lipinski definition) is 2. The molecule has 5 heteroatoms. The van der Waals surface area contributed by atoms with Crippen LogP contribution in [0.5, 0.6) is 0 Å². The van der Waals surface area contributed by atoms with Gasteiger partial charge in [-0.1, -0.05) is 18.9 Å². The molecule has 0 fully saturated rings. The standard InChI is InChI=1S/C16H25N3O.HI/c17-16(18-10-3-1-2-4-11-20)19-15-9-8-13-6-5-7-14(13)12-15;/h8-9,12,20H,1-7,10-11H2,(H3,17,18,19);1H. The van der Waals surface area contributed by atoms with Gasteiger partial charge in [0.05, 0.1) is 0 Å². The number of benzene rings is 1. The molecular formula is C16H26IN3O. The number of nitrogens with two attached hydrogens (primary N) is 1. The quantitative estimate of drug-likeness (QED) is 0.284. The van der Waals surface area contributed by atoms with Crippen molar-refractivity contribution in [1.82, 2.24) is 0 Å². The number of anilines is 1. The molecule has 0 radical (unpaired) electrons. The Labute approximate surface area is 144 Å². The van der Waals surface area contributed by atoms with Crippen LogP contribution in [0.15, 0.2) is 23.2 Å². The van der Waals surface area contributed by atoms with Crippen LogP contribution in [0.3, 0.4) is 0 Å². The molecule has 4 N–H and O–H groups in total. The van der Waals surface area contributed by atoms with Crippen molar-refractivity contribution in [3.63, 3.8) is 0 Å². The van der Waals surface area contributed by atoms with Gasteiger partial charge in [-0.15, -0.1) is 24.0 Å². The van der Waals surface area contributed by atoms with Crippen molar-refractivity contribution in [1.29, 1.82) is 0 Å². The van der Waals surface area contributed by atoms with Crippen LogP contribution in [-0.4, -0.2) is 24.2 Å². The maximum absolute atomic E-state index is 8.68. The second kappa shape index (κ2) is 10.00. The lowest BCUT2D eigenvalue weighted by molar-refractivity contribution is 0.282. The lowest BCUT2D eigenvalue weighted by Crippen LogP contribution is -2.22. The third-order valence-corrected chi connectivity index (χ3v) is 3.72. The van der Waals surface area contributed by atoms with E-state index in [-0.39, 0.29) is 30.6 Å². The van der Waals surface area contributed by atoms with Gasteiger partial charge in [0.15, 0.2) is 5.96 Å². The van der Waals surface area contributed by atoms with Crippen molar-refractivity contribution in [2.75, 3.05) is 18.5 Å². The third kappa shape index (κ3) is 6.22. The average Bonchev–Trinajstić information content (AvgIpc) is 2.90. The van der Waals surface area contributed by atoms with E-state index in [0.29, 0.717) is 5.96 Å². The van der Waals surface area contributed by atoms with Gasteiger partial charge >= 0.3 is 0 Å². The number of aryl methyl sites for hydroxylation is 2. The van der Waals surface area contributed by atoms with E-state index in [0.717, 1.165) is 37.9 Å². The molecule has 1 aliphatic rings. The molecule has 0 aliphatic heterocycles. The van der Waals surface area contributed by atoms with E-state index in [9.17, 15) is 0 Å². The van der Waals surface area contributed by atoms with Crippen molar-refractivity contribution >= 4 is 35.6 Å². The molecule has 0 atom stereocenters. The smallest absolute Gasteiger partial charge is 0.193 e. The van der Waals surface area contributed by atoms with Gasteiger partial charge < -0.3 is 16.2 Å². The van der Waals surface area contributed by atoms with Crippen molar-refractivity contribution in [3.8, 4) is 0 Å². The molecule has 4 nitrogen and oxygen atoms in total. The number of halogens is 1. The first-order valence-electron chi connectivity index (χ1n) is 7.59. The second-order valence-electron chi connectivity index (χ2n) is 5.37. The molecule has 0 aromatic heterocycles. The number of aliphatic hydroxyl groups excluding tert-OH is 1. The fourth-order valence-electron chi connectivity index (χ4n) is 2.61. The van der Waals surface area contributed by atoms with Crippen LogP contribution in [0.4, 0.5) is 5.69 Å². The summed E-state index contributed by atoms with van der Waals surface area (Å²) in [6.45, 7) is 1.03. The van der Waals surface area contributed by atoms with Crippen molar-refractivity contribution in [3.05, 3.63) is 29.3 Å². The molecule has 118 valence electrons. The number of nitrogens with zero attached hydrogens (tertiary/aromatic N) is 1. The van der Waals surface area contributed by atoms with Crippen molar-refractivity contribution < 1.29 is 5.11 Å². The van der Waals surface area contributed by atoms with Crippen molar-refractivity contribution in [2.45, 2.75) is 44.9 Å². The van der Waals surface area contributed by atoms with E-state index in [1.54, 1.807) is 0 Å². The minimum Gasteiger partial charge on any atom is -0.396 e. The highest BCUT2D eigenvalue weighted by Gasteiger charge is 2.10. The van der Waals surface area contributed by atoms with Gasteiger partial charge in [0.2, 0.25) is 0 Å². The monoisotopic (exact) mass is 403 g/mol.